The standard InChI is InChI=1S/C26H30N4O3S.CH3.H2N.Y/c1-3-26(27,11-12-34)20-13-19(24(32)29-17(2)18-7-5-4-6-8-18)14-21(15-20)30-25(33)23-10-9-22(31)16-28-23;;;/h4-10,13-17,31,34H,3,11-12,27H2,1-2H3,(H,29,32)(H,30,33);1H3;1H2;/q;2*-1;+3/p-1. The van der Waals surface area contributed by atoms with E-state index in [9.17, 15) is 14.7 Å². The number of hydrogen-bond acceptors (Lipinski definition) is 6. The minimum atomic E-state index is -0.737. The predicted octanol–water partition coefficient (Wildman–Crippen LogP) is 5.20. The van der Waals surface area contributed by atoms with Crippen LogP contribution in [-0.4, -0.2) is 27.7 Å². The number of carbonyl (C=O) groups excluding carboxylic acids is 2. The van der Waals surface area contributed by atoms with E-state index >= 15 is 0 Å². The van der Waals surface area contributed by atoms with Crippen LogP contribution >= 0.6 is 0 Å². The fourth-order valence-corrected chi connectivity index (χ4v) is 4.01. The molecule has 0 radical (unpaired) electrons. The Morgan fingerprint density at radius 1 is 1.11 bits per heavy atom. The molecule has 10 heteroatoms. The van der Waals surface area contributed by atoms with Gasteiger partial charge in [0.2, 0.25) is 0 Å². The van der Waals surface area contributed by atoms with Gasteiger partial charge in [-0.1, -0.05) is 43.7 Å². The second kappa shape index (κ2) is 15.8. The van der Waals surface area contributed by atoms with Crippen molar-refractivity contribution in [2.45, 2.75) is 38.3 Å². The average Bonchev–Trinajstić information content (AvgIpc) is 2.84. The van der Waals surface area contributed by atoms with Gasteiger partial charge in [0.25, 0.3) is 11.8 Å². The number of aromatic hydroxyl groups is 1. The summed E-state index contributed by atoms with van der Waals surface area (Å²) in [4.78, 5) is 29.8. The zero-order valence-electron chi connectivity index (χ0n) is 21.4. The number of nitrogens with two attached hydrogens (primary N) is 2. The van der Waals surface area contributed by atoms with Gasteiger partial charge in [-0.15, -0.1) is 0 Å². The SMILES string of the molecule is CCC(N)(CC[S-])c1cc(NC(=O)c2ccc(O)cn2)cc(C(=O)NC(C)c2ccccc2)c1.[CH3-].[NH2-].[Y+3]. The summed E-state index contributed by atoms with van der Waals surface area (Å²) in [6, 6.07) is 17.4. The van der Waals surface area contributed by atoms with Gasteiger partial charge in [-0.3, -0.25) is 9.59 Å². The van der Waals surface area contributed by atoms with Crippen molar-refractivity contribution in [2.24, 2.45) is 5.73 Å². The fourth-order valence-electron chi connectivity index (χ4n) is 3.65. The first-order valence-electron chi connectivity index (χ1n) is 11.1. The molecule has 3 rings (SSSR count). The van der Waals surface area contributed by atoms with Crippen molar-refractivity contribution in [2.75, 3.05) is 11.1 Å². The minimum absolute atomic E-state index is 0. The van der Waals surface area contributed by atoms with Crippen molar-refractivity contribution >= 4 is 30.1 Å². The number of nitrogens with one attached hydrogen (secondary N) is 2. The maximum absolute atomic E-state index is 13.2. The molecule has 2 aromatic carbocycles. The van der Waals surface area contributed by atoms with Crippen LogP contribution in [0.2, 0.25) is 0 Å². The summed E-state index contributed by atoms with van der Waals surface area (Å²) in [5.74, 6) is -0.327. The molecule has 2 amide bonds. The van der Waals surface area contributed by atoms with Gasteiger partial charge in [-0.2, -0.15) is 5.75 Å². The number of benzene rings is 2. The Labute approximate surface area is 250 Å². The maximum atomic E-state index is 13.2. The predicted molar refractivity (Wildman–Crippen MR) is 147 cm³/mol. The van der Waals surface area contributed by atoms with Crippen molar-refractivity contribution in [3.05, 3.63) is 103 Å². The Morgan fingerprint density at radius 2 is 1.78 bits per heavy atom. The van der Waals surface area contributed by atoms with Gasteiger partial charge < -0.3 is 47.7 Å². The minimum Gasteiger partial charge on any atom is -0.793 e. The summed E-state index contributed by atoms with van der Waals surface area (Å²) in [5, 5.41) is 15.2. The topological polar surface area (TPSA) is 151 Å². The maximum Gasteiger partial charge on any atom is 3.00 e. The summed E-state index contributed by atoms with van der Waals surface area (Å²) in [5.41, 5.74) is 8.55. The number of rotatable bonds is 9. The summed E-state index contributed by atoms with van der Waals surface area (Å²) < 4.78 is 0. The fraction of sp³-hybridized carbons (Fsp3) is 0.259. The summed E-state index contributed by atoms with van der Waals surface area (Å²) in [6.07, 6.45) is 2.36. The first-order valence-corrected chi connectivity index (χ1v) is 11.7. The van der Waals surface area contributed by atoms with Crippen molar-refractivity contribution < 1.29 is 47.4 Å². The second-order valence-corrected chi connectivity index (χ2v) is 8.63. The molecule has 3 aromatic rings. The molecule has 2 atom stereocenters. The molecule has 0 saturated carbocycles. The number of amides is 2. The molecular formula is C27H34N5O3SY. The molecule has 0 aliphatic heterocycles. The van der Waals surface area contributed by atoms with E-state index in [1.165, 1.54) is 18.3 Å². The number of anilines is 1. The van der Waals surface area contributed by atoms with Gasteiger partial charge in [0.1, 0.15) is 11.4 Å². The largest absolute Gasteiger partial charge is 3.00 e. The summed E-state index contributed by atoms with van der Waals surface area (Å²) in [7, 11) is 0. The van der Waals surface area contributed by atoms with Crippen LogP contribution in [-0.2, 0) is 50.9 Å². The van der Waals surface area contributed by atoms with E-state index in [4.69, 9.17) is 18.4 Å². The molecule has 0 saturated heterocycles. The molecule has 0 aliphatic carbocycles. The van der Waals surface area contributed by atoms with Gasteiger partial charge in [-0.05, 0) is 54.8 Å². The van der Waals surface area contributed by atoms with Crippen molar-refractivity contribution in [1.29, 1.82) is 0 Å². The van der Waals surface area contributed by atoms with E-state index in [0.717, 1.165) is 5.56 Å². The van der Waals surface area contributed by atoms with Crippen LogP contribution in [0.25, 0.3) is 6.15 Å². The summed E-state index contributed by atoms with van der Waals surface area (Å²) in [6.45, 7) is 3.88. The van der Waals surface area contributed by atoms with Gasteiger partial charge in [-0.25, -0.2) is 4.98 Å². The van der Waals surface area contributed by atoms with Crippen LogP contribution in [0.4, 0.5) is 5.69 Å². The molecule has 7 N–H and O–H groups in total. The van der Waals surface area contributed by atoms with E-state index in [1.54, 1.807) is 18.2 Å². The van der Waals surface area contributed by atoms with Crippen molar-refractivity contribution in [1.82, 2.24) is 10.3 Å². The third kappa shape index (κ3) is 9.19. The Kier molecular flexibility index (Phi) is 14.9. The average molecular weight is 598 g/mol. The number of carbonyl (C=O) groups is 2. The molecule has 8 nitrogen and oxygen atoms in total. The Bertz CT molecular complexity index is 1150. The van der Waals surface area contributed by atoms with Crippen LogP contribution < -0.4 is 16.4 Å². The van der Waals surface area contributed by atoms with Crippen LogP contribution in [0.15, 0.2) is 66.9 Å². The molecule has 0 fully saturated rings. The molecule has 0 aliphatic rings. The monoisotopic (exact) mass is 597 g/mol. The molecule has 194 valence electrons. The van der Waals surface area contributed by atoms with Crippen LogP contribution in [0.1, 0.15) is 64.7 Å². The number of pyridine rings is 1. The molecule has 1 aromatic heterocycles. The van der Waals surface area contributed by atoms with Gasteiger partial charge >= 0.3 is 32.7 Å². The Balaban J connectivity index is 0.00000432. The van der Waals surface area contributed by atoms with E-state index in [-0.39, 0.29) is 69.7 Å². The third-order valence-corrected chi connectivity index (χ3v) is 6.04. The van der Waals surface area contributed by atoms with E-state index < -0.39 is 11.4 Å². The van der Waals surface area contributed by atoms with Gasteiger partial charge in [0, 0.05) is 16.8 Å². The first kappa shape index (κ1) is 34.7. The smallest absolute Gasteiger partial charge is 0.793 e. The Hall–Kier alpha value is -2.30. The van der Waals surface area contributed by atoms with Crippen molar-refractivity contribution in [3.63, 3.8) is 0 Å². The number of aromatic nitrogens is 1. The van der Waals surface area contributed by atoms with Crippen molar-refractivity contribution in [3.8, 4) is 5.75 Å². The molecule has 2 unspecified atom stereocenters. The quantitative estimate of drug-likeness (QED) is 0.197. The molecule has 0 bridgehead atoms. The van der Waals surface area contributed by atoms with E-state index in [0.29, 0.717) is 35.4 Å². The zero-order chi connectivity index (χ0) is 24.7. The molecule has 37 heavy (non-hydrogen) atoms. The van der Waals surface area contributed by atoms with Crippen LogP contribution in [0.5, 0.6) is 5.75 Å². The molecule has 0 spiro atoms. The third-order valence-electron chi connectivity index (χ3n) is 5.83. The zero-order valence-corrected chi connectivity index (χ0v) is 25.1. The Morgan fingerprint density at radius 3 is 2.35 bits per heavy atom. The first-order chi connectivity index (χ1) is 16.3. The normalized spacial score (nSPS) is 12.4. The molecule has 1 heterocycles. The van der Waals surface area contributed by atoms with Gasteiger partial charge in [0.05, 0.1) is 12.2 Å². The van der Waals surface area contributed by atoms with E-state index in [2.05, 4.69) is 15.6 Å². The second-order valence-electron chi connectivity index (χ2n) is 8.22. The van der Waals surface area contributed by atoms with Crippen LogP contribution in [0, 0.1) is 7.43 Å². The molecular weight excluding hydrogens is 563 g/mol. The van der Waals surface area contributed by atoms with Crippen LogP contribution in [0.3, 0.4) is 0 Å². The van der Waals surface area contributed by atoms with E-state index in [1.807, 2.05) is 44.2 Å². The summed E-state index contributed by atoms with van der Waals surface area (Å²) >= 11 is 5.18. The number of hydrogen-bond donors (Lipinski definition) is 4. The number of nitrogens with zero attached hydrogens (tertiary/aromatic N) is 1. The van der Waals surface area contributed by atoms with Gasteiger partial charge in [0.15, 0.2) is 0 Å².